The van der Waals surface area contributed by atoms with Gasteiger partial charge in [0, 0.05) is 19.3 Å². The molecule has 0 rings (SSSR count). The average molecular weight is 192 g/mol. The molecule has 0 saturated carbocycles. The minimum absolute atomic E-state index is 0.153. The third-order valence-corrected chi connectivity index (χ3v) is 1.46. The monoisotopic (exact) mass is 192 g/mol. The lowest BCUT2D eigenvalue weighted by Crippen LogP contribution is -2.10. The van der Waals surface area contributed by atoms with Gasteiger partial charge in [-0.15, -0.1) is 12.3 Å². The van der Waals surface area contributed by atoms with Crippen molar-refractivity contribution in [3.05, 3.63) is 0 Å². The molecule has 0 amide bonds. The number of unbranched alkanes of at least 4 members (excludes halogenated alkanes) is 1. The van der Waals surface area contributed by atoms with Gasteiger partial charge in [-0.2, -0.15) is 13.2 Å². The van der Waals surface area contributed by atoms with Gasteiger partial charge in [0.15, 0.2) is 0 Å². The Labute approximate surface area is 75.3 Å². The first-order chi connectivity index (χ1) is 5.95. The summed E-state index contributed by atoms with van der Waals surface area (Å²) < 4.78 is 34.9. The van der Waals surface area contributed by atoms with Crippen molar-refractivity contribution in [2.24, 2.45) is 0 Å². The molecular weight excluding hydrogens is 181 g/mol. The van der Waals surface area contributed by atoms with E-state index < -0.39 is 19.0 Å². The zero-order chi connectivity index (χ0) is 10.3. The number of hydrogen-bond donors (Lipinski definition) is 0. The third kappa shape index (κ3) is 8.93. The van der Waals surface area contributed by atoms with Crippen LogP contribution in [0, 0.1) is 12.3 Å². The number of halogens is 3. The van der Waals surface area contributed by atoms with Crippen LogP contribution in [0.4, 0.5) is 13.2 Å². The van der Waals surface area contributed by atoms with E-state index in [2.05, 4.69) is 5.92 Å². The second-order valence-corrected chi connectivity index (χ2v) is 2.71. The van der Waals surface area contributed by atoms with Crippen LogP contribution < -0.4 is 0 Å². The van der Waals surface area contributed by atoms with Crippen LogP contribution in [0.15, 0.2) is 0 Å². The average Bonchev–Trinajstić information content (AvgIpc) is 2.00. The highest BCUT2D eigenvalue weighted by Gasteiger charge is 2.27. The van der Waals surface area contributed by atoms with Gasteiger partial charge < -0.3 is 0 Å². The zero-order valence-corrected chi connectivity index (χ0v) is 7.16. The number of ketones is 1. The van der Waals surface area contributed by atoms with E-state index >= 15 is 0 Å². The molecule has 13 heavy (non-hydrogen) atoms. The predicted octanol–water partition coefficient (Wildman–Crippen LogP) is 2.70. The first kappa shape index (κ1) is 12.0. The second kappa shape index (κ2) is 5.63. The molecule has 0 saturated heterocycles. The van der Waals surface area contributed by atoms with Crippen LogP contribution in [0.25, 0.3) is 0 Å². The van der Waals surface area contributed by atoms with Gasteiger partial charge in [-0.25, -0.2) is 0 Å². The largest absolute Gasteiger partial charge is 0.389 e. The summed E-state index contributed by atoms with van der Waals surface area (Å²) in [6.45, 7) is 0. The van der Waals surface area contributed by atoms with Crippen molar-refractivity contribution in [3.63, 3.8) is 0 Å². The Morgan fingerprint density at radius 2 is 1.92 bits per heavy atom. The number of terminal acetylenes is 1. The van der Waals surface area contributed by atoms with E-state index in [9.17, 15) is 18.0 Å². The number of carbonyl (C=O) groups is 1. The van der Waals surface area contributed by atoms with E-state index in [-0.39, 0.29) is 12.2 Å². The van der Waals surface area contributed by atoms with Gasteiger partial charge in [0.05, 0.1) is 6.42 Å². The fourth-order valence-electron chi connectivity index (χ4n) is 0.794. The minimum atomic E-state index is -4.23. The van der Waals surface area contributed by atoms with Gasteiger partial charge in [0.1, 0.15) is 5.78 Å². The van der Waals surface area contributed by atoms with Gasteiger partial charge in [0.25, 0.3) is 0 Å². The highest BCUT2D eigenvalue weighted by Crippen LogP contribution is 2.21. The molecule has 0 aliphatic rings. The molecule has 0 atom stereocenters. The van der Waals surface area contributed by atoms with Gasteiger partial charge >= 0.3 is 6.18 Å². The van der Waals surface area contributed by atoms with Crippen LogP contribution in [0.3, 0.4) is 0 Å². The molecule has 4 heteroatoms. The van der Waals surface area contributed by atoms with Crippen LogP contribution in [0.2, 0.25) is 0 Å². The molecule has 0 N–H and O–H groups in total. The Morgan fingerprint density at radius 1 is 1.31 bits per heavy atom. The maximum absolute atomic E-state index is 11.6. The first-order valence-corrected chi connectivity index (χ1v) is 3.97. The van der Waals surface area contributed by atoms with Crippen molar-refractivity contribution in [3.8, 4) is 12.3 Å². The molecule has 1 nitrogen and oxygen atoms in total. The molecule has 0 aromatic rings. The normalized spacial score (nSPS) is 10.9. The maximum Gasteiger partial charge on any atom is 0.389 e. The predicted molar refractivity (Wildman–Crippen MR) is 43.0 cm³/mol. The molecule has 0 heterocycles. The molecule has 0 aliphatic heterocycles. The molecule has 0 aliphatic carbocycles. The molecular formula is C9H11F3O. The van der Waals surface area contributed by atoms with Crippen LogP contribution in [-0.2, 0) is 4.79 Å². The van der Waals surface area contributed by atoms with Crippen LogP contribution >= 0.6 is 0 Å². The highest BCUT2D eigenvalue weighted by molar-refractivity contribution is 5.78. The number of hydrogen-bond acceptors (Lipinski definition) is 1. The molecule has 0 spiro atoms. The molecule has 0 unspecified atom stereocenters. The van der Waals surface area contributed by atoms with Crippen molar-refractivity contribution in [2.75, 3.05) is 0 Å². The van der Waals surface area contributed by atoms with Crippen molar-refractivity contribution in [1.29, 1.82) is 0 Å². The molecule has 0 fully saturated rings. The van der Waals surface area contributed by atoms with Crippen LogP contribution in [-0.4, -0.2) is 12.0 Å². The van der Waals surface area contributed by atoms with Crippen molar-refractivity contribution >= 4 is 5.78 Å². The van der Waals surface area contributed by atoms with E-state index in [4.69, 9.17) is 6.42 Å². The highest BCUT2D eigenvalue weighted by atomic mass is 19.4. The summed E-state index contributed by atoms with van der Waals surface area (Å²) >= 11 is 0. The third-order valence-electron chi connectivity index (χ3n) is 1.46. The van der Waals surface area contributed by atoms with Gasteiger partial charge in [-0.1, -0.05) is 0 Å². The minimum Gasteiger partial charge on any atom is -0.300 e. The van der Waals surface area contributed by atoms with Gasteiger partial charge in [-0.3, -0.25) is 4.79 Å². The quantitative estimate of drug-likeness (QED) is 0.483. The fourth-order valence-corrected chi connectivity index (χ4v) is 0.794. The lowest BCUT2D eigenvalue weighted by atomic mass is 10.1. The van der Waals surface area contributed by atoms with Crippen molar-refractivity contribution < 1.29 is 18.0 Å². The molecule has 0 bridgehead atoms. The summed E-state index contributed by atoms with van der Waals surface area (Å²) in [5.74, 6) is 1.95. The Hall–Kier alpha value is -0.980. The van der Waals surface area contributed by atoms with Crippen LogP contribution in [0.5, 0.6) is 0 Å². The molecule has 74 valence electrons. The fraction of sp³-hybridized carbons (Fsp3) is 0.667. The number of alkyl halides is 3. The van der Waals surface area contributed by atoms with E-state index in [1.54, 1.807) is 0 Å². The lowest BCUT2D eigenvalue weighted by molar-refractivity contribution is -0.143. The standard InChI is InChI=1S/C9H11F3O/c1-2-3-4-5-8(13)6-7-9(10,11)12/h1H,3-7H2. The number of carbonyl (C=O) groups excluding carboxylic acids is 1. The van der Waals surface area contributed by atoms with Crippen molar-refractivity contribution in [1.82, 2.24) is 0 Å². The SMILES string of the molecule is C#CCCCC(=O)CCC(F)(F)F. The van der Waals surface area contributed by atoms with Gasteiger partial charge in [-0.05, 0) is 6.42 Å². The second-order valence-electron chi connectivity index (χ2n) is 2.71. The van der Waals surface area contributed by atoms with E-state index in [1.165, 1.54) is 0 Å². The Kier molecular flexibility index (Phi) is 5.20. The first-order valence-electron chi connectivity index (χ1n) is 3.97. The summed E-state index contributed by atoms with van der Waals surface area (Å²) in [7, 11) is 0. The topological polar surface area (TPSA) is 17.1 Å². The number of Topliss-reactive ketones (excluding diaryl/α,β-unsaturated/α-hetero) is 1. The Bertz CT molecular complexity index is 200. The van der Waals surface area contributed by atoms with E-state index in [0.29, 0.717) is 12.8 Å². The molecule has 0 radical (unpaired) electrons. The maximum atomic E-state index is 11.6. The molecule has 0 aromatic heterocycles. The summed E-state index contributed by atoms with van der Waals surface area (Å²) in [5.41, 5.74) is 0. The zero-order valence-electron chi connectivity index (χ0n) is 7.16. The van der Waals surface area contributed by atoms with E-state index in [0.717, 1.165) is 0 Å². The Morgan fingerprint density at radius 3 is 2.38 bits per heavy atom. The summed E-state index contributed by atoms with van der Waals surface area (Å²) in [4.78, 5) is 10.8. The van der Waals surface area contributed by atoms with Gasteiger partial charge in [0.2, 0.25) is 0 Å². The Balaban J connectivity index is 3.48. The van der Waals surface area contributed by atoms with Crippen molar-refractivity contribution in [2.45, 2.75) is 38.3 Å². The summed E-state index contributed by atoms with van der Waals surface area (Å²) in [5, 5.41) is 0. The smallest absolute Gasteiger partial charge is 0.300 e. The lowest BCUT2D eigenvalue weighted by Gasteiger charge is -2.04. The molecule has 0 aromatic carbocycles. The summed E-state index contributed by atoms with van der Waals surface area (Å²) in [6, 6.07) is 0. The van der Waals surface area contributed by atoms with Crippen LogP contribution in [0.1, 0.15) is 32.1 Å². The van der Waals surface area contributed by atoms with E-state index in [1.807, 2.05) is 0 Å². The summed E-state index contributed by atoms with van der Waals surface area (Å²) in [6.07, 6.45) is 0.308. The number of rotatable bonds is 5.